The average molecular weight is 399 g/mol. The highest BCUT2D eigenvalue weighted by Gasteiger charge is 2.31. The van der Waals surface area contributed by atoms with Crippen molar-refractivity contribution < 1.29 is 9.59 Å². The van der Waals surface area contributed by atoms with Crippen LogP contribution in [0.2, 0.25) is 0 Å². The third-order valence-corrected chi connectivity index (χ3v) is 4.74. The number of amidine groups is 1. The van der Waals surface area contributed by atoms with Gasteiger partial charge in [0.25, 0.3) is 11.8 Å². The van der Waals surface area contributed by atoms with E-state index in [4.69, 9.17) is 0 Å². The van der Waals surface area contributed by atoms with Crippen LogP contribution in [0.15, 0.2) is 90.1 Å². The van der Waals surface area contributed by atoms with Gasteiger partial charge in [-0.05, 0) is 36.8 Å². The number of aliphatic imine (C=N–C) groups is 1. The van der Waals surface area contributed by atoms with Crippen molar-refractivity contribution in [3.05, 3.63) is 96.3 Å². The van der Waals surface area contributed by atoms with Crippen LogP contribution in [-0.2, 0) is 9.59 Å². The van der Waals surface area contributed by atoms with Gasteiger partial charge < -0.3 is 5.32 Å². The Bertz CT molecular complexity index is 1020. The number of nitrogens with one attached hydrogen (secondary N) is 2. The average Bonchev–Trinajstić information content (AvgIpc) is 2.80. The van der Waals surface area contributed by atoms with E-state index in [-0.39, 0.29) is 11.7 Å². The third kappa shape index (κ3) is 4.05. The Morgan fingerprint density at radius 2 is 1.67 bits per heavy atom. The first-order valence-corrected chi connectivity index (χ1v) is 9.63. The van der Waals surface area contributed by atoms with Crippen molar-refractivity contribution in [2.45, 2.75) is 19.0 Å². The Morgan fingerprint density at radius 1 is 1.00 bits per heavy atom. The fourth-order valence-electron chi connectivity index (χ4n) is 3.22. The summed E-state index contributed by atoms with van der Waals surface area (Å²) < 4.78 is 0. The molecule has 4 rings (SSSR count). The van der Waals surface area contributed by atoms with Gasteiger partial charge in [-0.25, -0.2) is 10.0 Å². The molecule has 7 nitrogen and oxygen atoms in total. The second-order valence-electron chi connectivity index (χ2n) is 6.85. The number of carbonyl (C=O) groups is 2. The number of rotatable bonds is 5. The smallest absolute Gasteiger partial charge is 0.288 e. The summed E-state index contributed by atoms with van der Waals surface area (Å²) in [7, 11) is 0. The lowest BCUT2D eigenvalue weighted by Crippen LogP contribution is -2.58. The van der Waals surface area contributed by atoms with Gasteiger partial charge in [-0.3, -0.25) is 20.0 Å². The van der Waals surface area contributed by atoms with Gasteiger partial charge in [0.15, 0.2) is 0 Å². The zero-order valence-corrected chi connectivity index (χ0v) is 16.4. The summed E-state index contributed by atoms with van der Waals surface area (Å²) in [6.07, 6.45) is 1.69. The zero-order chi connectivity index (χ0) is 20.9. The molecular weight excluding hydrogens is 378 g/mol. The Hall–Kier alpha value is -4.00. The van der Waals surface area contributed by atoms with Crippen LogP contribution in [0.3, 0.4) is 0 Å². The van der Waals surface area contributed by atoms with Crippen molar-refractivity contribution in [3.63, 3.8) is 0 Å². The molecule has 0 radical (unpaired) electrons. The number of aromatic nitrogens is 1. The lowest BCUT2D eigenvalue weighted by atomic mass is 10.0. The van der Waals surface area contributed by atoms with Crippen LogP contribution in [0.5, 0.6) is 0 Å². The highest BCUT2D eigenvalue weighted by molar-refractivity contribution is 6.39. The van der Waals surface area contributed by atoms with Crippen LogP contribution in [0.1, 0.15) is 24.2 Å². The quantitative estimate of drug-likeness (QED) is 0.691. The number of nitrogens with zero attached hydrogens (tertiary/aromatic N) is 3. The topological polar surface area (TPSA) is 86.7 Å². The van der Waals surface area contributed by atoms with Gasteiger partial charge in [0.2, 0.25) is 5.84 Å². The summed E-state index contributed by atoms with van der Waals surface area (Å²) in [6, 6.07) is 23.1. The van der Waals surface area contributed by atoms with Gasteiger partial charge in [-0.1, -0.05) is 54.6 Å². The van der Waals surface area contributed by atoms with Crippen LogP contribution in [0.4, 0.5) is 5.69 Å². The van der Waals surface area contributed by atoms with Crippen LogP contribution >= 0.6 is 0 Å². The van der Waals surface area contributed by atoms with Crippen molar-refractivity contribution in [2.24, 2.45) is 4.99 Å². The van der Waals surface area contributed by atoms with Crippen LogP contribution in [-0.4, -0.2) is 28.7 Å². The number of amides is 2. The molecule has 1 aliphatic heterocycles. The minimum absolute atomic E-state index is 0.0721. The SMILES string of the molecule is CC1N=C(C(=O)NC(c2ccccc2)c2ccccn2)NN(c2ccccc2)C1=O. The van der Waals surface area contributed by atoms with E-state index in [1.54, 1.807) is 25.3 Å². The molecule has 1 aromatic heterocycles. The molecule has 0 aliphatic carbocycles. The zero-order valence-electron chi connectivity index (χ0n) is 16.4. The molecular formula is C23H21N5O2. The van der Waals surface area contributed by atoms with E-state index in [1.807, 2.05) is 66.7 Å². The summed E-state index contributed by atoms with van der Waals surface area (Å²) in [5.74, 6) is -0.584. The molecule has 2 heterocycles. The van der Waals surface area contributed by atoms with Gasteiger partial charge in [-0.15, -0.1) is 0 Å². The first-order valence-electron chi connectivity index (χ1n) is 9.63. The van der Waals surface area contributed by atoms with Crippen LogP contribution in [0.25, 0.3) is 0 Å². The fourth-order valence-corrected chi connectivity index (χ4v) is 3.22. The second kappa shape index (κ2) is 8.57. The van der Waals surface area contributed by atoms with Crippen molar-refractivity contribution in [1.29, 1.82) is 0 Å². The van der Waals surface area contributed by atoms with Crippen molar-refractivity contribution >= 4 is 23.3 Å². The number of benzene rings is 2. The minimum atomic E-state index is -0.683. The number of para-hydroxylation sites is 1. The molecule has 7 heteroatoms. The normalized spacial score (nSPS) is 17.0. The molecule has 2 unspecified atom stereocenters. The Balaban J connectivity index is 1.61. The fraction of sp³-hybridized carbons (Fsp3) is 0.130. The first kappa shape index (κ1) is 19.3. The van der Waals surface area contributed by atoms with Crippen molar-refractivity contribution in [3.8, 4) is 0 Å². The molecule has 2 aromatic carbocycles. The number of hydrogen-bond acceptors (Lipinski definition) is 5. The van der Waals surface area contributed by atoms with Gasteiger partial charge >= 0.3 is 0 Å². The Morgan fingerprint density at radius 3 is 2.33 bits per heavy atom. The second-order valence-corrected chi connectivity index (χ2v) is 6.85. The number of carbonyl (C=O) groups excluding carboxylic acids is 2. The van der Waals surface area contributed by atoms with Gasteiger partial charge in [-0.2, -0.15) is 0 Å². The number of anilines is 1. The first-order chi connectivity index (χ1) is 14.6. The third-order valence-electron chi connectivity index (χ3n) is 4.74. The molecule has 150 valence electrons. The predicted octanol–water partition coefficient (Wildman–Crippen LogP) is 2.63. The summed E-state index contributed by atoms with van der Waals surface area (Å²) in [6.45, 7) is 1.67. The Labute approximate surface area is 174 Å². The molecule has 0 bridgehead atoms. The molecule has 0 fully saturated rings. The van der Waals surface area contributed by atoms with E-state index in [1.165, 1.54) is 5.01 Å². The summed E-state index contributed by atoms with van der Waals surface area (Å²) in [5, 5.41) is 4.35. The lowest BCUT2D eigenvalue weighted by Gasteiger charge is -2.31. The molecule has 1 aliphatic rings. The number of pyridine rings is 1. The minimum Gasteiger partial charge on any atom is -0.337 e. The molecule has 3 aromatic rings. The number of hydrazine groups is 1. The van der Waals surface area contributed by atoms with E-state index in [2.05, 4.69) is 20.7 Å². The van der Waals surface area contributed by atoms with Crippen LogP contribution in [0, 0.1) is 0 Å². The Kier molecular flexibility index (Phi) is 5.52. The molecule has 2 N–H and O–H groups in total. The molecule has 0 spiro atoms. The van der Waals surface area contributed by atoms with Gasteiger partial charge in [0.1, 0.15) is 6.04 Å². The highest BCUT2D eigenvalue weighted by Crippen LogP contribution is 2.21. The van der Waals surface area contributed by atoms with Gasteiger partial charge in [0.05, 0.1) is 17.4 Å². The van der Waals surface area contributed by atoms with E-state index in [0.717, 1.165) is 5.56 Å². The summed E-state index contributed by atoms with van der Waals surface area (Å²) in [4.78, 5) is 34.4. The lowest BCUT2D eigenvalue weighted by molar-refractivity contribution is -0.120. The molecule has 30 heavy (non-hydrogen) atoms. The standard InChI is InChI=1S/C23H21N5O2/c1-16-23(30)28(18-12-6-3-7-13-18)27-21(25-16)22(29)26-20(17-10-4-2-5-11-17)19-14-8-9-15-24-19/h2-16,20H,1H3,(H,25,27)(H,26,29). The van der Waals surface area contributed by atoms with Crippen molar-refractivity contribution in [1.82, 2.24) is 15.7 Å². The predicted molar refractivity (Wildman–Crippen MR) is 115 cm³/mol. The molecule has 0 saturated heterocycles. The highest BCUT2D eigenvalue weighted by atomic mass is 16.2. The summed E-state index contributed by atoms with van der Waals surface area (Å²) >= 11 is 0. The number of hydrogen-bond donors (Lipinski definition) is 2. The van der Waals surface area contributed by atoms with E-state index < -0.39 is 18.0 Å². The summed E-state index contributed by atoms with van der Waals surface area (Å²) in [5.41, 5.74) is 5.10. The maximum absolute atomic E-state index is 13.1. The maximum atomic E-state index is 13.1. The van der Waals surface area contributed by atoms with Crippen LogP contribution < -0.4 is 15.8 Å². The van der Waals surface area contributed by atoms with E-state index >= 15 is 0 Å². The van der Waals surface area contributed by atoms with Gasteiger partial charge in [0, 0.05) is 6.20 Å². The van der Waals surface area contributed by atoms with E-state index in [9.17, 15) is 9.59 Å². The van der Waals surface area contributed by atoms with E-state index in [0.29, 0.717) is 11.4 Å². The molecule has 2 atom stereocenters. The molecule has 2 amide bonds. The maximum Gasteiger partial charge on any atom is 0.288 e. The molecule has 0 saturated carbocycles. The monoisotopic (exact) mass is 399 g/mol. The van der Waals surface area contributed by atoms with Crippen molar-refractivity contribution in [2.75, 3.05) is 5.01 Å². The largest absolute Gasteiger partial charge is 0.337 e.